The van der Waals surface area contributed by atoms with Crippen LogP contribution in [0.4, 0.5) is 8.78 Å². The molecule has 1 aliphatic heterocycles. The van der Waals surface area contributed by atoms with Gasteiger partial charge in [-0.25, -0.2) is 8.78 Å². The third-order valence-corrected chi connectivity index (χ3v) is 4.78. The Hall–Kier alpha value is -2.24. The molecule has 3 nitrogen and oxygen atoms in total. The Balaban J connectivity index is 1.71. The fourth-order valence-corrected chi connectivity index (χ4v) is 3.45. The molecule has 1 aromatic heterocycles. The van der Waals surface area contributed by atoms with Crippen LogP contribution in [-0.2, 0) is 11.2 Å². The van der Waals surface area contributed by atoms with Crippen LogP contribution in [-0.4, -0.2) is 42.7 Å². The summed E-state index contributed by atoms with van der Waals surface area (Å²) in [6, 6.07) is 11.2. The van der Waals surface area contributed by atoms with Crippen molar-refractivity contribution in [3.8, 4) is 11.3 Å². The molecule has 130 valence electrons. The second-order valence-corrected chi connectivity index (χ2v) is 6.38. The highest BCUT2D eigenvalue weighted by Crippen LogP contribution is 2.31. The van der Waals surface area contributed by atoms with Gasteiger partial charge in [0.2, 0.25) is 0 Å². The summed E-state index contributed by atoms with van der Waals surface area (Å²) in [5.74, 6) is -0.528. The Morgan fingerprint density at radius 2 is 1.68 bits per heavy atom. The molecule has 1 fully saturated rings. The van der Waals surface area contributed by atoms with Crippen LogP contribution in [0.15, 0.2) is 42.5 Å². The number of nitrogens with one attached hydrogen (secondary N) is 1. The molecule has 0 aliphatic carbocycles. The number of H-pyrrole nitrogens is 1. The Labute approximate surface area is 145 Å². The summed E-state index contributed by atoms with van der Waals surface area (Å²) < 4.78 is 32.3. The molecule has 0 unspecified atom stereocenters. The van der Waals surface area contributed by atoms with Gasteiger partial charge < -0.3 is 9.72 Å². The van der Waals surface area contributed by atoms with E-state index >= 15 is 0 Å². The van der Waals surface area contributed by atoms with E-state index in [-0.39, 0.29) is 11.6 Å². The Kier molecular flexibility index (Phi) is 4.51. The average Bonchev–Trinajstić information content (AvgIpc) is 2.99. The normalized spacial score (nSPS) is 15.8. The maximum Gasteiger partial charge on any atom is 0.125 e. The first kappa shape index (κ1) is 16.2. The highest BCUT2D eigenvalue weighted by atomic mass is 19.1. The zero-order valence-corrected chi connectivity index (χ0v) is 13.9. The molecule has 0 amide bonds. The van der Waals surface area contributed by atoms with E-state index in [1.54, 1.807) is 12.1 Å². The molecule has 2 heterocycles. The maximum absolute atomic E-state index is 13.6. The molecular weight excluding hydrogens is 322 g/mol. The first-order valence-corrected chi connectivity index (χ1v) is 8.57. The third kappa shape index (κ3) is 3.43. The van der Waals surface area contributed by atoms with Gasteiger partial charge in [-0.2, -0.15) is 0 Å². The van der Waals surface area contributed by atoms with Crippen LogP contribution in [0, 0.1) is 11.6 Å². The quantitative estimate of drug-likeness (QED) is 0.777. The summed E-state index contributed by atoms with van der Waals surface area (Å²) in [5, 5.41) is 1.02. The second-order valence-electron chi connectivity index (χ2n) is 6.38. The van der Waals surface area contributed by atoms with E-state index in [1.165, 1.54) is 24.3 Å². The van der Waals surface area contributed by atoms with Crippen molar-refractivity contribution in [1.82, 2.24) is 9.88 Å². The molecular formula is C20H20F2N2O. The van der Waals surface area contributed by atoms with Crippen LogP contribution < -0.4 is 0 Å². The van der Waals surface area contributed by atoms with Crippen LogP contribution in [0.25, 0.3) is 22.2 Å². The maximum atomic E-state index is 13.6. The second kappa shape index (κ2) is 6.94. The summed E-state index contributed by atoms with van der Waals surface area (Å²) in [6.45, 7) is 4.32. The van der Waals surface area contributed by atoms with Crippen LogP contribution in [0.5, 0.6) is 0 Å². The van der Waals surface area contributed by atoms with Gasteiger partial charge in [-0.15, -0.1) is 0 Å². The summed E-state index contributed by atoms with van der Waals surface area (Å²) in [7, 11) is 0. The molecule has 0 spiro atoms. The molecule has 5 heteroatoms. The number of aromatic amines is 1. The molecule has 0 bridgehead atoms. The van der Waals surface area contributed by atoms with Crippen molar-refractivity contribution in [3.63, 3.8) is 0 Å². The number of ether oxygens (including phenoxy) is 1. The van der Waals surface area contributed by atoms with Crippen LogP contribution in [0.3, 0.4) is 0 Å². The molecule has 0 saturated carbocycles. The van der Waals surface area contributed by atoms with E-state index in [0.717, 1.165) is 67.0 Å². The minimum atomic E-state index is -0.265. The molecule has 1 saturated heterocycles. The number of hydrogen-bond acceptors (Lipinski definition) is 2. The fraction of sp³-hybridized carbons (Fsp3) is 0.300. The number of benzene rings is 2. The van der Waals surface area contributed by atoms with Crippen molar-refractivity contribution in [3.05, 3.63) is 59.7 Å². The molecule has 3 aromatic rings. The van der Waals surface area contributed by atoms with Crippen LogP contribution in [0.2, 0.25) is 0 Å². The van der Waals surface area contributed by atoms with Gasteiger partial charge in [-0.1, -0.05) is 0 Å². The van der Waals surface area contributed by atoms with Crippen molar-refractivity contribution < 1.29 is 13.5 Å². The Morgan fingerprint density at radius 1 is 0.960 bits per heavy atom. The van der Waals surface area contributed by atoms with Gasteiger partial charge in [0, 0.05) is 36.2 Å². The number of halogens is 2. The van der Waals surface area contributed by atoms with E-state index in [2.05, 4.69) is 9.88 Å². The predicted octanol–water partition coefficient (Wildman–Crippen LogP) is 3.99. The van der Waals surface area contributed by atoms with Gasteiger partial charge in [-0.3, -0.25) is 4.90 Å². The van der Waals surface area contributed by atoms with Crippen LogP contribution >= 0.6 is 0 Å². The lowest BCUT2D eigenvalue weighted by Crippen LogP contribution is -2.37. The number of fused-ring (bicyclic) bond motifs is 1. The third-order valence-electron chi connectivity index (χ3n) is 4.78. The number of morpholine rings is 1. The van der Waals surface area contributed by atoms with Crippen LogP contribution in [0.1, 0.15) is 5.56 Å². The predicted molar refractivity (Wildman–Crippen MR) is 94.6 cm³/mol. The number of nitrogens with zero attached hydrogens (tertiary/aromatic N) is 1. The van der Waals surface area contributed by atoms with Crippen molar-refractivity contribution in [2.45, 2.75) is 6.42 Å². The van der Waals surface area contributed by atoms with E-state index in [0.29, 0.717) is 0 Å². The van der Waals surface area contributed by atoms with Gasteiger partial charge in [0.15, 0.2) is 0 Å². The van der Waals surface area contributed by atoms with E-state index in [4.69, 9.17) is 4.74 Å². The lowest BCUT2D eigenvalue weighted by Gasteiger charge is -2.26. The van der Waals surface area contributed by atoms with Crippen molar-refractivity contribution in [2.75, 3.05) is 32.8 Å². The molecule has 1 aliphatic rings. The van der Waals surface area contributed by atoms with Gasteiger partial charge in [0.05, 0.1) is 13.2 Å². The summed E-state index contributed by atoms with van der Waals surface area (Å²) >= 11 is 0. The Bertz CT molecular complexity index is 867. The zero-order valence-electron chi connectivity index (χ0n) is 13.9. The van der Waals surface area contributed by atoms with Gasteiger partial charge >= 0.3 is 0 Å². The number of rotatable bonds is 4. The topological polar surface area (TPSA) is 28.3 Å². The monoisotopic (exact) mass is 342 g/mol. The summed E-state index contributed by atoms with van der Waals surface area (Å²) in [5.41, 5.74) is 3.77. The lowest BCUT2D eigenvalue weighted by atomic mass is 10.0. The minimum absolute atomic E-state index is 0.263. The van der Waals surface area contributed by atoms with E-state index in [1.807, 2.05) is 6.07 Å². The smallest absolute Gasteiger partial charge is 0.125 e. The highest BCUT2D eigenvalue weighted by Gasteiger charge is 2.16. The minimum Gasteiger partial charge on any atom is -0.379 e. The first-order valence-electron chi connectivity index (χ1n) is 8.57. The summed E-state index contributed by atoms with van der Waals surface area (Å²) in [4.78, 5) is 5.70. The largest absolute Gasteiger partial charge is 0.379 e. The van der Waals surface area contributed by atoms with E-state index in [9.17, 15) is 8.78 Å². The Morgan fingerprint density at radius 3 is 2.44 bits per heavy atom. The molecule has 2 aromatic carbocycles. The highest BCUT2D eigenvalue weighted by molar-refractivity contribution is 5.90. The SMILES string of the molecule is Fc1ccc(-c2[nH]c3cc(F)ccc3c2CCN2CCOCC2)cc1. The molecule has 0 atom stereocenters. The molecule has 4 rings (SSSR count). The lowest BCUT2D eigenvalue weighted by molar-refractivity contribution is 0.0385. The molecule has 25 heavy (non-hydrogen) atoms. The van der Waals surface area contributed by atoms with Crippen molar-refractivity contribution >= 4 is 10.9 Å². The van der Waals surface area contributed by atoms with Gasteiger partial charge in [0.1, 0.15) is 11.6 Å². The van der Waals surface area contributed by atoms with Gasteiger partial charge in [0.25, 0.3) is 0 Å². The van der Waals surface area contributed by atoms with Crippen molar-refractivity contribution in [1.29, 1.82) is 0 Å². The number of aromatic nitrogens is 1. The van der Waals surface area contributed by atoms with E-state index < -0.39 is 0 Å². The number of hydrogen-bond donors (Lipinski definition) is 1. The summed E-state index contributed by atoms with van der Waals surface area (Å²) in [6.07, 6.45) is 0.846. The molecule has 1 N–H and O–H groups in total. The van der Waals surface area contributed by atoms with Crippen molar-refractivity contribution in [2.24, 2.45) is 0 Å². The first-order chi connectivity index (χ1) is 12.2. The zero-order chi connectivity index (χ0) is 17.2. The molecule has 0 radical (unpaired) electrons. The standard InChI is InChI=1S/C20H20F2N2O/c21-15-3-1-14(2-4-15)20-18(7-8-24-9-11-25-12-10-24)17-6-5-16(22)13-19(17)23-20/h1-6,13,23H,7-12H2. The van der Waals surface area contributed by atoms with Gasteiger partial charge in [-0.05, 0) is 60.0 Å². The fourth-order valence-electron chi connectivity index (χ4n) is 3.45. The average molecular weight is 342 g/mol.